The highest BCUT2D eigenvalue weighted by Gasteiger charge is 2.30. The Hall–Kier alpha value is -1.22. The van der Waals surface area contributed by atoms with E-state index < -0.39 is 0 Å². The Morgan fingerprint density at radius 3 is 3.06 bits per heavy atom. The van der Waals surface area contributed by atoms with Gasteiger partial charge in [0.1, 0.15) is 5.75 Å². The number of halogens is 1. The van der Waals surface area contributed by atoms with E-state index in [1.54, 1.807) is 6.07 Å². The highest BCUT2D eigenvalue weighted by molar-refractivity contribution is 6.30. The van der Waals surface area contributed by atoms with Crippen molar-refractivity contribution in [3.8, 4) is 5.75 Å². The predicted octanol–water partition coefficient (Wildman–Crippen LogP) is 2.17. The summed E-state index contributed by atoms with van der Waals surface area (Å²) in [5.41, 5.74) is 1.02. The van der Waals surface area contributed by atoms with Crippen LogP contribution < -0.4 is 10.1 Å². The lowest BCUT2D eigenvalue weighted by atomic mass is 10.1. The molecule has 1 aliphatic carbocycles. The zero-order valence-corrected chi connectivity index (χ0v) is 10.2. The molecule has 0 spiro atoms. The number of amides is 1. The van der Waals surface area contributed by atoms with Crippen LogP contribution in [-0.4, -0.2) is 18.6 Å². The van der Waals surface area contributed by atoms with Gasteiger partial charge in [0.05, 0.1) is 0 Å². The topological polar surface area (TPSA) is 38.3 Å². The van der Waals surface area contributed by atoms with Gasteiger partial charge in [-0.1, -0.05) is 11.6 Å². The van der Waals surface area contributed by atoms with Crippen LogP contribution in [0.3, 0.4) is 0 Å². The summed E-state index contributed by atoms with van der Waals surface area (Å²) >= 11 is 5.91. The Morgan fingerprint density at radius 2 is 2.29 bits per heavy atom. The van der Waals surface area contributed by atoms with Crippen molar-refractivity contribution in [3.05, 3.63) is 28.8 Å². The number of hydrogen-bond acceptors (Lipinski definition) is 2. The van der Waals surface area contributed by atoms with E-state index in [4.69, 9.17) is 16.3 Å². The van der Waals surface area contributed by atoms with Gasteiger partial charge in [0.2, 0.25) is 0 Å². The van der Waals surface area contributed by atoms with E-state index in [2.05, 4.69) is 5.32 Å². The van der Waals surface area contributed by atoms with Crippen molar-refractivity contribution in [2.45, 2.75) is 25.4 Å². The maximum atomic E-state index is 11.9. The number of nitrogens with one attached hydrogen (secondary N) is 1. The molecule has 1 unspecified atom stereocenters. The van der Waals surface area contributed by atoms with Crippen molar-refractivity contribution in [2.24, 2.45) is 5.92 Å². The smallest absolute Gasteiger partial charge is 0.261 e. The van der Waals surface area contributed by atoms with Gasteiger partial charge >= 0.3 is 0 Å². The number of hydrogen-bond donors (Lipinski definition) is 1. The standard InChI is InChI=1S/C13H14ClNO2/c14-10-3-4-11-9(5-10)6-12(17-11)13(16)15-7-8-1-2-8/h3-5,8,12H,1-2,6-7H2,(H,15,16). The van der Waals surface area contributed by atoms with Crippen molar-refractivity contribution < 1.29 is 9.53 Å². The first-order valence-corrected chi connectivity index (χ1v) is 6.33. The number of rotatable bonds is 3. The molecule has 1 aromatic carbocycles. The average Bonchev–Trinajstić information content (AvgIpc) is 3.04. The van der Waals surface area contributed by atoms with Gasteiger partial charge in [0.15, 0.2) is 6.10 Å². The van der Waals surface area contributed by atoms with Crippen molar-refractivity contribution in [1.82, 2.24) is 5.32 Å². The molecule has 17 heavy (non-hydrogen) atoms. The van der Waals surface area contributed by atoms with Crippen LogP contribution in [0.25, 0.3) is 0 Å². The summed E-state index contributed by atoms with van der Waals surface area (Å²) in [6.07, 6.45) is 2.71. The molecule has 0 radical (unpaired) electrons. The zero-order valence-electron chi connectivity index (χ0n) is 9.41. The predicted molar refractivity (Wildman–Crippen MR) is 65.3 cm³/mol. The van der Waals surface area contributed by atoms with Gasteiger partial charge in [-0.2, -0.15) is 0 Å². The molecule has 90 valence electrons. The van der Waals surface area contributed by atoms with Crippen LogP contribution in [0, 0.1) is 5.92 Å². The summed E-state index contributed by atoms with van der Waals surface area (Å²) in [6.45, 7) is 0.787. The van der Waals surface area contributed by atoms with Crippen molar-refractivity contribution in [3.63, 3.8) is 0 Å². The fourth-order valence-electron chi connectivity index (χ4n) is 2.04. The first-order chi connectivity index (χ1) is 8.22. The first-order valence-electron chi connectivity index (χ1n) is 5.95. The summed E-state index contributed by atoms with van der Waals surface area (Å²) in [5, 5.41) is 3.63. The lowest BCUT2D eigenvalue weighted by Gasteiger charge is -2.10. The molecule has 1 heterocycles. The summed E-state index contributed by atoms with van der Waals surface area (Å²) in [6, 6.07) is 5.47. The fourth-order valence-corrected chi connectivity index (χ4v) is 2.24. The Balaban J connectivity index is 1.62. The lowest BCUT2D eigenvalue weighted by Crippen LogP contribution is -2.38. The summed E-state index contributed by atoms with van der Waals surface area (Å²) in [5.74, 6) is 1.46. The van der Waals surface area contributed by atoms with Crippen LogP contribution in [0.2, 0.25) is 5.02 Å². The van der Waals surface area contributed by atoms with E-state index in [0.29, 0.717) is 17.4 Å². The maximum Gasteiger partial charge on any atom is 0.261 e. The molecule has 0 aromatic heterocycles. The maximum absolute atomic E-state index is 11.9. The van der Waals surface area contributed by atoms with Crippen LogP contribution >= 0.6 is 11.6 Å². The van der Waals surface area contributed by atoms with E-state index in [-0.39, 0.29) is 12.0 Å². The fraction of sp³-hybridized carbons (Fsp3) is 0.462. The number of carbonyl (C=O) groups excluding carboxylic acids is 1. The molecule has 1 fully saturated rings. The molecule has 1 amide bonds. The molecule has 1 aromatic rings. The van der Waals surface area contributed by atoms with Gasteiger partial charge < -0.3 is 10.1 Å². The van der Waals surface area contributed by atoms with Crippen LogP contribution in [-0.2, 0) is 11.2 Å². The normalized spacial score (nSPS) is 21.8. The van der Waals surface area contributed by atoms with Crippen LogP contribution in [0.1, 0.15) is 18.4 Å². The molecule has 1 N–H and O–H groups in total. The summed E-state index contributed by atoms with van der Waals surface area (Å²) in [7, 11) is 0. The molecule has 1 atom stereocenters. The number of ether oxygens (including phenoxy) is 1. The minimum Gasteiger partial charge on any atom is -0.480 e. The molecule has 4 heteroatoms. The second-order valence-electron chi connectivity index (χ2n) is 4.75. The van der Waals surface area contributed by atoms with Crippen LogP contribution in [0.15, 0.2) is 18.2 Å². The van der Waals surface area contributed by atoms with E-state index in [1.807, 2.05) is 12.1 Å². The van der Waals surface area contributed by atoms with Gasteiger partial charge in [-0.05, 0) is 42.5 Å². The summed E-state index contributed by atoms with van der Waals surface area (Å²) in [4.78, 5) is 11.9. The zero-order chi connectivity index (χ0) is 11.8. The molecular weight excluding hydrogens is 238 g/mol. The highest BCUT2D eigenvalue weighted by atomic mass is 35.5. The molecule has 3 nitrogen and oxygen atoms in total. The largest absolute Gasteiger partial charge is 0.480 e. The SMILES string of the molecule is O=C(NCC1CC1)C1Cc2cc(Cl)ccc2O1. The number of benzene rings is 1. The quantitative estimate of drug-likeness (QED) is 0.894. The monoisotopic (exact) mass is 251 g/mol. The molecule has 3 rings (SSSR count). The van der Waals surface area contributed by atoms with Gasteiger partial charge in [-0.3, -0.25) is 4.79 Å². The van der Waals surface area contributed by atoms with Gasteiger partial charge in [0, 0.05) is 18.0 Å². The second-order valence-corrected chi connectivity index (χ2v) is 5.19. The second kappa shape index (κ2) is 4.22. The number of carbonyl (C=O) groups is 1. The summed E-state index contributed by atoms with van der Waals surface area (Å²) < 4.78 is 5.61. The minimum absolute atomic E-state index is 0.00998. The number of fused-ring (bicyclic) bond motifs is 1. The molecule has 1 saturated carbocycles. The van der Waals surface area contributed by atoms with E-state index in [0.717, 1.165) is 17.9 Å². The Morgan fingerprint density at radius 1 is 1.47 bits per heavy atom. The van der Waals surface area contributed by atoms with Crippen molar-refractivity contribution in [1.29, 1.82) is 0 Å². The van der Waals surface area contributed by atoms with Crippen LogP contribution in [0.5, 0.6) is 5.75 Å². The van der Waals surface area contributed by atoms with Gasteiger partial charge in [0.25, 0.3) is 5.91 Å². The van der Waals surface area contributed by atoms with Crippen molar-refractivity contribution in [2.75, 3.05) is 6.54 Å². The van der Waals surface area contributed by atoms with E-state index in [1.165, 1.54) is 12.8 Å². The molecule has 0 saturated heterocycles. The Kier molecular flexibility index (Phi) is 2.71. The Labute approximate surface area is 105 Å². The molecule has 1 aliphatic heterocycles. The third-order valence-electron chi connectivity index (χ3n) is 3.25. The minimum atomic E-state index is -0.387. The lowest BCUT2D eigenvalue weighted by molar-refractivity contribution is -0.127. The van der Waals surface area contributed by atoms with Crippen molar-refractivity contribution >= 4 is 17.5 Å². The first kappa shape index (κ1) is 10.9. The van der Waals surface area contributed by atoms with Gasteiger partial charge in [-0.15, -0.1) is 0 Å². The molecule has 0 bridgehead atoms. The molecular formula is C13H14ClNO2. The van der Waals surface area contributed by atoms with Crippen LogP contribution in [0.4, 0.5) is 0 Å². The third kappa shape index (κ3) is 2.39. The third-order valence-corrected chi connectivity index (χ3v) is 3.49. The Bertz CT molecular complexity index is 457. The molecule has 2 aliphatic rings. The average molecular weight is 252 g/mol. The van der Waals surface area contributed by atoms with E-state index in [9.17, 15) is 4.79 Å². The highest BCUT2D eigenvalue weighted by Crippen LogP contribution is 2.31. The van der Waals surface area contributed by atoms with E-state index >= 15 is 0 Å². The van der Waals surface area contributed by atoms with Gasteiger partial charge in [-0.25, -0.2) is 0 Å².